The minimum absolute atomic E-state index is 0.236. The molecule has 7 heteroatoms. The van der Waals surface area contributed by atoms with Crippen LogP contribution >= 0.6 is 23.1 Å². The lowest BCUT2D eigenvalue weighted by Crippen LogP contribution is -2.19. The van der Waals surface area contributed by atoms with Crippen molar-refractivity contribution in [2.24, 2.45) is 0 Å². The monoisotopic (exact) mass is 317 g/mol. The smallest absolute Gasteiger partial charge is 0.405 e. The van der Waals surface area contributed by atoms with Gasteiger partial charge in [0.05, 0.1) is 22.5 Å². The number of carbonyl (C=O) groups is 1. The van der Waals surface area contributed by atoms with E-state index in [1.54, 1.807) is 24.2 Å². The van der Waals surface area contributed by atoms with Crippen LogP contribution in [0.2, 0.25) is 0 Å². The van der Waals surface area contributed by atoms with Crippen molar-refractivity contribution < 1.29 is 9.90 Å². The summed E-state index contributed by atoms with van der Waals surface area (Å²) >= 11 is 3.08. The lowest BCUT2D eigenvalue weighted by Gasteiger charge is -2.00. The van der Waals surface area contributed by atoms with Gasteiger partial charge in [0.25, 0.3) is 0 Å². The fraction of sp³-hybridized carbons (Fsp3) is 0.0714. The van der Waals surface area contributed by atoms with Gasteiger partial charge in [0.2, 0.25) is 0 Å². The van der Waals surface area contributed by atoms with Gasteiger partial charge in [-0.2, -0.15) is 0 Å². The van der Waals surface area contributed by atoms with Gasteiger partial charge in [-0.3, -0.25) is 4.98 Å². The number of rotatable bonds is 4. The van der Waals surface area contributed by atoms with E-state index in [1.165, 1.54) is 11.3 Å². The Balaban J connectivity index is 1.74. The first kappa shape index (κ1) is 13.8. The summed E-state index contributed by atoms with van der Waals surface area (Å²) < 4.78 is 1.02. The summed E-state index contributed by atoms with van der Waals surface area (Å²) in [7, 11) is 0. The van der Waals surface area contributed by atoms with Crippen LogP contribution in [0, 0.1) is 0 Å². The Bertz CT molecular complexity index is 788. The molecule has 0 radical (unpaired) electrons. The van der Waals surface area contributed by atoms with Crippen LogP contribution in [-0.2, 0) is 6.54 Å². The van der Waals surface area contributed by atoms with Gasteiger partial charge in [-0.15, -0.1) is 11.3 Å². The zero-order valence-corrected chi connectivity index (χ0v) is 12.4. The summed E-state index contributed by atoms with van der Waals surface area (Å²) in [6.45, 7) is 0.236. The summed E-state index contributed by atoms with van der Waals surface area (Å²) in [5, 5.41) is 12.7. The van der Waals surface area contributed by atoms with E-state index in [9.17, 15) is 4.79 Å². The number of aromatic nitrogens is 2. The standard InChI is InChI=1S/C14H11N3O2S2/c18-14(19)17-7-12-16-8-13(21-12)20-10-4-3-9-2-1-5-15-11(9)6-10/h1-6,8,17H,7H2,(H,18,19). The van der Waals surface area contributed by atoms with E-state index in [-0.39, 0.29) is 6.54 Å². The molecule has 3 rings (SSSR count). The third kappa shape index (κ3) is 3.50. The average molecular weight is 317 g/mol. The average Bonchev–Trinajstić information content (AvgIpc) is 2.92. The van der Waals surface area contributed by atoms with Crippen molar-refractivity contribution in [2.45, 2.75) is 15.6 Å². The van der Waals surface area contributed by atoms with Gasteiger partial charge < -0.3 is 10.4 Å². The number of thiazole rings is 1. The Morgan fingerprint density at radius 2 is 2.24 bits per heavy atom. The van der Waals surface area contributed by atoms with Gasteiger partial charge in [0.1, 0.15) is 5.01 Å². The molecule has 2 heterocycles. The molecule has 21 heavy (non-hydrogen) atoms. The molecule has 106 valence electrons. The zero-order valence-electron chi connectivity index (χ0n) is 10.8. The second-order valence-electron chi connectivity index (χ2n) is 4.19. The van der Waals surface area contributed by atoms with Gasteiger partial charge in [-0.05, 0) is 18.2 Å². The lowest BCUT2D eigenvalue weighted by atomic mass is 10.2. The molecule has 1 amide bonds. The predicted molar refractivity (Wildman–Crippen MR) is 82.8 cm³/mol. The van der Waals surface area contributed by atoms with Crippen LogP contribution < -0.4 is 5.32 Å². The normalized spacial score (nSPS) is 10.7. The Hall–Kier alpha value is -2.12. The molecule has 0 saturated heterocycles. The van der Waals surface area contributed by atoms with Crippen LogP contribution in [0.1, 0.15) is 5.01 Å². The number of fused-ring (bicyclic) bond motifs is 1. The molecule has 0 spiro atoms. The highest BCUT2D eigenvalue weighted by molar-refractivity contribution is 8.01. The summed E-state index contributed by atoms with van der Waals surface area (Å²) in [5.41, 5.74) is 0.958. The molecule has 1 aromatic carbocycles. The fourth-order valence-electron chi connectivity index (χ4n) is 1.80. The summed E-state index contributed by atoms with van der Waals surface area (Å²) in [4.78, 5) is 20.1. The van der Waals surface area contributed by atoms with Gasteiger partial charge in [0, 0.05) is 16.5 Å². The first-order chi connectivity index (χ1) is 10.2. The van der Waals surface area contributed by atoms with Crippen molar-refractivity contribution in [3.8, 4) is 0 Å². The molecular weight excluding hydrogens is 306 g/mol. The van der Waals surface area contributed by atoms with Crippen LogP contribution in [0.3, 0.4) is 0 Å². The van der Waals surface area contributed by atoms with Crippen LogP contribution in [0.15, 0.2) is 51.8 Å². The Morgan fingerprint density at radius 3 is 3.10 bits per heavy atom. The Kier molecular flexibility index (Phi) is 4.03. The van der Waals surface area contributed by atoms with E-state index in [4.69, 9.17) is 5.11 Å². The molecule has 2 aromatic heterocycles. The number of hydrogen-bond donors (Lipinski definition) is 2. The third-order valence-corrected chi connectivity index (χ3v) is 4.81. The second-order valence-corrected chi connectivity index (χ2v) is 6.68. The quantitative estimate of drug-likeness (QED) is 0.769. The van der Waals surface area contributed by atoms with Gasteiger partial charge in [0.15, 0.2) is 0 Å². The van der Waals surface area contributed by atoms with E-state index >= 15 is 0 Å². The van der Waals surface area contributed by atoms with E-state index in [0.29, 0.717) is 0 Å². The molecule has 0 fully saturated rings. The molecule has 0 unspecified atom stereocenters. The number of carboxylic acid groups (broad SMARTS) is 1. The van der Waals surface area contributed by atoms with E-state index in [2.05, 4.69) is 15.3 Å². The molecular formula is C14H11N3O2S2. The molecule has 0 atom stereocenters. The van der Waals surface area contributed by atoms with E-state index in [0.717, 1.165) is 25.0 Å². The van der Waals surface area contributed by atoms with Gasteiger partial charge >= 0.3 is 6.09 Å². The number of hydrogen-bond acceptors (Lipinski definition) is 5. The molecule has 5 nitrogen and oxygen atoms in total. The number of benzene rings is 1. The highest BCUT2D eigenvalue weighted by Gasteiger charge is 2.06. The van der Waals surface area contributed by atoms with E-state index < -0.39 is 6.09 Å². The largest absolute Gasteiger partial charge is 0.465 e. The molecule has 0 aliphatic carbocycles. The van der Waals surface area contributed by atoms with Crippen LogP contribution in [0.25, 0.3) is 10.9 Å². The number of amides is 1. The maximum absolute atomic E-state index is 10.4. The van der Waals surface area contributed by atoms with Crippen LogP contribution in [0.5, 0.6) is 0 Å². The molecule has 0 bridgehead atoms. The summed E-state index contributed by atoms with van der Waals surface area (Å²) in [6.07, 6.45) is 2.50. The first-order valence-electron chi connectivity index (χ1n) is 6.15. The van der Waals surface area contributed by atoms with Crippen molar-refractivity contribution in [1.29, 1.82) is 0 Å². The van der Waals surface area contributed by atoms with Crippen molar-refractivity contribution in [3.63, 3.8) is 0 Å². The minimum Gasteiger partial charge on any atom is -0.465 e. The number of nitrogens with one attached hydrogen (secondary N) is 1. The number of pyridine rings is 1. The topological polar surface area (TPSA) is 75.1 Å². The van der Waals surface area contributed by atoms with Crippen molar-refractivity contribution >= 4 is 40.1 Å². The summed E-state index contributed by atoms with van der Waals surface area (Å²) in [5.74, 6) is 0. The van der Waals surface area contributed by atoms with Crippen LogP contribution in [-0.4, -0.2) is 21.2 Å². The maximum Gasteiger partial charge on any atom is 0.405 e. The first-order valence-corrected chi connectivity index (χ1v) is 7.78. The number of nitrogens with zero attached hydrogens (tertiary/aromatic N) is 2. The molecule has 0 aliphatic heterocycles. The lowest BCUT2D eigenvalue weighted by molar-refractivity contribution is 0.194. The third-order valence-electron chi connectivity index (χ3n) is 2.72. The highest BCUT2D eigenvalue weighted by atomic mass is 32.2. The molecule has 0 saturated carbocycles. The Labute approximate surface area is 129 Å². The fourth-order valence-corrected chi connectivity index (χ4v) is 3.78. The summed E-state index contributed by atoms with van der Waals surface area (Å²) in [6, 6.07) is 10.1. The SMILES string of the molecule is O=C(O)NCc1ncc(Sc2ccc3cccnc3c2)s1. The van der Waals surface area contributed by atoms with Crippen LogP contribution in [0.4, 0.5) is 4.79 Å². The second kappa shape index (κ2) is 6.11. The maximum atomic E-state index is 10.4. The van der Waals surface area contributed by atoms with Gasteiger partial charge in [-0.25, -0.2) is 9.78 Å². The Morgan fingerprint density at radius 1 is 1.33 bits per heavy atom. The van der Waals surface area contributed by atoms with E-state index in [1.807, 2.05) is 30.3 Å². The highest BCUT2D eigenvalue weighted by Crippen LogP contribution is 2.33. The van der Waals surface area contributed by atoms with Crippen molar-refractivity contribution in [2.75, 3.05) is 0 Å². The van der Waals surface area contributed by atoms with Crippen molar-refractivity contribution in [3.05, 3.63) is 47.7 Å². The predicted octanol–water partition coefficient (Wildman–Crippen LogP) is 3.61. The molecule has 3 aromatic rings. The zero-order chi connectivity index (χ0) is 14.7. The molecule has 0 aliphatic rings. The van der Waals surface area contributed by atoms with Gasteiger partial charge in [-0.1, -0.05) is 23.9 Å². The minimum atomic E-state index is -1.04. The van der Waals surface area contributed by atoms with Crippen molar-refractivity contribution in [1.82, 2.24) is 15.3 Å². The molecule has 2 N–H and O–H groups in total.